The maximum Gasteiger partial charge on any atom is 0.140 e. The number of quaternary nitrogens is 1. The fourth-order valence-corrected chi connectivity index (χ4v) is 1.35. The van der Waals surface area contributed by atoms with Crippen molar-refractivity contribution in [2.24, 2.45) is 0 Å². The lowest BCUT2D eigenvalue weighted by atomic mass is 10.3. The van der Waals surface area contributed by atoms with Crippen LogP contribution in [0.2, 0.25) is 0 Å². The molecule has 14 heavy (non-hydrogen) atoms. The first-order valence-corrected chi connectivity index (χ1v) is 5.09. The Labute approximate surface area is 103 Å². The van der Waals surface area contributed by atoms with Gasteiger partial charge < -0.3 is 21.5 Å². The van der Waals surface area contributed by atoms with Crippen LogP contribution in [0, 0.1) is 12.3 Å². The van der Waals surface area contributed by atoms with Gasteiger partial charge in [-0.05, 0) is 32.8 Å². The first-order valence-electron chi connectivity index (χ1n) is 4.71. The molecule has 0 saturated carbocycles. The average Bonchev–Trinajstić information content (AvgIpc) is 2.12. The number of nitrogens with zero attached hydrogens (tertiary/aromatic N) is 1. The van der Waals surface area contributed by atoms with Crippen LogP contribution in [0.25, 0.3) is 0 Å². The van der Waals surface area contributed by atoms with E-state index in [1.807, 2.05) is 13.0 Å². The summed E-state index contributed by atoms with van der Waals surface area (Å²) in [5.74, 6) is 2.73. The zero-order valence-electron chi connectivity index (χ0n) is 9.19. The lowest BCUT2D eigenvalue weighted by Gasteiger charge is -2.33. The second-order valence-electron chi connectivity index (χ2n) is 3.31. The quantitative estimate of drug-likeness (QED) is 0.476. The highest BCUT2D eigenvalue weighted by atomic mass is 79.9. The van der Waals surface area contributed by atoms with Crippen molar-refractivity contribution in [1.82, 2.24) is 0 Å². The molecule has 0 aliphatic carbocycles. The van der Waals surface area contributed by atoms with Gasteiger partial charge in [0, 0.05) is 5.03 Å². The molecule has 0 rings (SSSR count). The third-order valence-corrected chi connectivity index (χ3v) is 2.68. The number of likely N-dealkylation sites (N-methyl/N-ethyl adjacent to an activating group) is 1. The normalized spacial score (nSPS) is 11.8. The second-order valence-corrected chi connectivity index (χ2v) is 3.91. The molecule has 0 saturated heterocycles. The highest BCUT2D eigenvalue weighted by Crippen LogP contribution is 2.08. The number of hydrogen-bond acceptors (Lipinski definition) is 0. The largest absolute Gasteiger partial charge is 1.00 e. The van der Waals surface area contributed by atoms with Gasteiger partial charge in [-0.2, -0.15) is 0 Å². The van der Waals surface area contributed by atoms with Crippen molar-refractivity contribution in [2.75, 3.05) is 26.2 Å². The van der Waals surface area contributed by atoms with Crippen LogP contribution in [0.4, 0.5) is 0 Å². The summed E-state index contributed by atoms with van der Waals surface area (Å²) in [5.41, 5.74) is 0. The molecule has 0 atom stereocenters. The molecule has 3 heteroatoms. The molecule has 0 bridgehead atoms. The first kappa shape index (κ1) is 16.5. The van der Waals surface area contributed by atoms with E-state index in [0.29, 0.717) is 0 Å². The molecule has 0 aromatic rings. The third kappa shape index (κ3) is 5.70. The number of allylic oxidation sites excluding steroid dienone is 1. The fraction of sp³-hybridized carbons (Fsp3) is 0.636. The minimum atomic E-state index is 0. The molecule has 0 aromatic carbocycles. The molecule has 0 heterocycles. The van der Waals surface area contributed by atoms with Gasteiger partial charge >= 0.3 is 0 Å². The van der Waals surface area contributed by atoms with Gasteiger partial charge in [-0.3, -0.25) is 0 Å². The van der Waals surface area contributed by atoms with Crippen molar-refractivity contribution < 1.29 is 21.5 Å². The zero-order valence-corrected chi connectivity index (χ0v) is 11.5. The van der Waals surface area contributed by atoms with Crippen LogP contribution < -0.4 is 17.0 Å². The van der Waals surface area contributed by atoms with E-state index >= 15 is 0 Å². The summed E-state index contributed by atoms with van der Waals surface area (Å²) in [4.78, 5) is 0. The molecule has 0 aliphatic rings. The Bertz CT molecular complexity index is 210. The fourth-order valence-electron chi connectivity index (χ4n) is 1.28. The first-order chi connectivity index (χ1) is 6.10. The summed E-state index contributed by atoms with van der Waals surface area (Å²) in [5, 5.41) is 0.849. The molecular weight excluding hydrogens is 261 g/mol. The Kier molecular flexibility index (Phi) is 9.81. The van der Waals surface area contributed by atoms with Gasteiger partial charge in [0.25, 0.3) is 0 Å². The van der Waals surface area contributed by atoms with E-state index in [2.05, 4.69) is 19.8 Å². The molecular formula is C11H19BrClN. The highest BCUT2D eigenvalue weighted by molar-refractivity contribution is 6.29. The Morgan fingerprint density at radius 1 is 1.43 bits per heavy atom. The summed E-state index contributed by atoms with van der Waals surface area (Å²) >= 11 is 5.80. The van der Waals surface area contributed by atoms with E-state index in [4.69, 9.17) is 18.0 Å². The summed E-state index contributed by atoms with van der Waals surface area (Å²) in [6.07, 6.45) is 7.40. The molecule has 0 radical (unpaired) electrons. The maximum atomic E-state index is 5.80. The summed E-state index contributed by atoms with van der Waals surface area (Å²) in [6.45, 7) is 10.1. The van der Waals surface area contributed by atoms with Crippen molar-refractivity contribution >= 4 is 11.6 Å². The van der Waals surface area contributed by atoms with Crippen molar-refractivity contribution in [3.8, 4) is 12.3 Å². The van der Waals surface area contributed by atoms with Gasteiger partial charge in [-0.1, -0.05) is 11.6 Å². The topological polar surface area (TPSA) is 0 Å². The molecule has 0 aromatic heterocycles. The molecule has 0 spiro atoms. The predicted octanol–water partition coefficient (Wildman–Crippen LogP) is -0.377. The van der Waals surface area contributed by atoms with E-state index < -0.39 is 0 Å². The van der Waals surface area contributed by atoms with Crippen LogP contribution in [0.5, 0.6) is 0 Å². The predicted molar refractivity (Wildman–Crippen MR) is 59.5 cm³/mol. The lowest BCUT2D eigenvalue weighted by Crippen LogP contribution is -3.00. The van der Waals surface area contributed by atoms with Crippen molar-refractivity contribution in [2.45, 2.75) is 20.8 Å². The third-order valence-electron chi connectivity index (χ3n) is 2.53. The molecule has 82 valence electrons. The van der Waals surface area contributed by atoms with Gasteiger partial charge in [-0.15, -0.1) is 6.42 Å². The van der Waals surface area contributed by atoms with Crippen LogP contribution in [0.3, 0.4) is 0 Å². The van der Waals surface area contributed by atoms with Gasteiger partial charge in [0.1, 0.15) is 6.54 Å². The lowest BCUT2D eigenvalue weighted by molar-refractivity contribution is -0.912. The van der Waals surface area contributed by atoms with Crippen molar-refractivity contribution in [3.05, 3.63) is 11.1 Å². The standard InChI is InChI=1S/C11H19ClN.BrH/c1-5-9-13(6-2,7-3)10-8-11(4)12;/h1,8H,6-7,9-10H2,2-4H3;1H/q+1;/p-1/b11-8-;. The smallest absolute Gasteiger partial charge is 0.140 e. The summed E-state index contributed by atoms with van der Waals surface area (Å²) in [7, 11) is 0. The second kappa shape index (κ2) is 8.35. The highest BCUT2D eigenvalue weighted by Gasteiger charge is 2.19. The van der Waals surface area contributed by atoms with E-state index in [1.54, 1.807) is 0 Å². The summed E-state index contributed by atoms with van der Waals surface area (Å²) in [6, 6.07) is 0. The average molecular weight is 281 g/mol. The molecule has 0 aliphatic heterocycles. The SMILES string of the molecule is C#CC[N+](CC)(CC)C/C=C(/C)Cl.[Br-]. The van der Waals surface area contributed by atoms with Gasteiger partial charge in [-0.25, -0.2) is 0 Å². The van der Waals surface area contributed by atoms with Crippen LogP contribution >= 0.6 is 11.6 Å². The van der Waals surface area contributed by atoms with E-state index in [1.165, 1.54) is 0 Å². The number of halogens is 2. The number of terminal acetylenes is 1. The zero-order chi connectivity index (χ0) is 10.3. The summed E-state index contributed by atoms with van der Waals surface area (Å²) < 4.78 is 0.931. The number of rotatable bonds is 5. The minimum absolute atomic E-state index is 0. The van der Waals surface area contributed by atoms with Crippen LogP contribution in [-0.2, 0) is 0 Å². The van der Waals surface area contributed by atoms with Crippen molar-refractivity contribution in [3.63, 3.8) is 0 Å². The Balaban J connectivity index is 0. The Morgan fingerprint density at radius 3 is 2.21 bits per heavy atom. The Morgan fingerprint density at radius 2 is 1.93 bits per heavy atom. The molecule has 1 nitrogen and oxygen atoms in total. The van der Waals surface area contributed by atoms with E-state index in [0.717, 1.165) is 35.7 Å². The maximum absolute atomic E-state index is 5.80. The molecule has 0 unspecified atom stereocenters. The number of hydrogen-bond donors (Lipinski definition) is 0. The molecule has 0 amide bonds. The van der Waals surface area contributed by atoms with Crippen LogP contribution in [0.15, 0.2) is 11.1 Å². The Hall–Kier alpha value is 0.0300. The molecule has 0 fully saturated rings. The molecule has 0 N–H and O–H groups in total. The van der Waals surface area contributed by atoms with Gasteiger partial charge in [0.05, 0.1) is 19.6 Å². The minimum Gasteiger partial charge on any atom is -1.00 e. The van der Waals surface area contributed by atoms with Crippen molar-refractivity contribution in [1.29, 1.82) is 0 Å². The van der Waals surface area contributed by atoms with E-state index in [-0.39, 0.29) is 17.0 Å². The van der Waals surface area contributed by atoms with E-state index in [9.17, 15) is 0 Å². The van der Waals surface area contributed by atoms with Crippen LogP contribution in [0.1, 0.15) is 20.8 Å². The van der Waals surface area contributed by atoms with Crippen LogP contribution in [-0.4, -0.2) is 30.7 Å². The van der Waals surface area contributed by atoms with Gasteiger partial charge in [0.15, 0.2) is 0 Å². The van der Waals surface area contributed by atoms with Gasteiger partial charge in [0.2, 0.25) is 0 Å². The monoisotopic (exact) mass is 279 g/mol.